The number of halogens is 1. The van der Waals surface area contributed by atoms with Crippen LogP contribution in [0.25, 0.3) is 6.08 Å². The number of amides is 1. The minimum Gasteiger partial charge on any atom is -0.478 e. The van der Waals surface area contributed by atoms with Crippen molar-refractivity contribution in [3.05, 3.63) is 35.7 Å². The first-order valence-electron chi connectivity index (χ1n) is 5.35. The fraction of sp³-hybridized carbons (Fsp3) is 0.167. The number of nitrogens with one attached hydrogen (secondary N) is 1. The molecule has 1 aromatic rings. The highest BCUT2D eigenvalue weighted by atomic mass is 32.2. The SMILES string of the molecule is CS(=O)(=O)CC(=O)Nc1ccc(F)c(/C=C/C(=O)O)c1. The van der Waals surface area contributed by atoms with Gasteiger partial charge in [0.15, 0.2) is 9.84 Å². The molecular weight excluding hydrogens is 289 g/mol. The fourth-order valence-electron chi connectivity index (χ4n) is 1.35. The van der Waals surface area contributed by atoms with E-state index in [1.54, 1.807) is 0 Å². The predicted octanol–water partition coefficient (Wildman–Crippen LogP) is 0.907. The van der Waals surface area contributed by atoms with Crippen molar-refractivity contribution >= 4 is 33.5 Å². The van der Waals surface area contributed by atoms with Crippen molar-refractivity contribution in [2.24, 2.45) is 0 Å². The summed E-state index contributed by atoms with van der Waals surface area (Å²) in [6.07, 6.45) is 2.70. The summed E-state index contributed by atoms with van der Waals surface area (Å²) < 4.78 is 35.2. The fourth-order valence-corrected chi connectivity index (χ4v) is 1.89. The Labute approximate surface area is 114 Å². The summed E-state index contributed by atoms with van der Waals surface area (Å²) in [5.41, 5.74) is 0.134. The van der Waals surface area contributed by atoms with Gasteiger partial charge in [0.2, 0.25) is 5.91 Å². The van der Waals surface area contributed by atoms with Crippen LogP contribution in [0.3, 0.4) is 0 Å². The maximum absolute atomic E-state index is 13.4. The number of sulfone groups is 1. The molecule has 0 fully saturated rings. The van der Waals surface area contributed by atoms with E-state index in [2.05, 4.69) is 5.32 Å². The molecule has 0 spiro atoms. The first kappa shape index (κ1) is 15.8. The summed E-state index contributed by atoms with van der Waals surface area (Å²) in [5, 5.41) is 10.7. The van der Waals surface area contributed by atoms with E-state index in [4.69, 9.17) is 5.11 Å². The number of carbonyl (C=O) groups excluding carboxylic acids is 1. The van der Waals surface area contributed by atoms with Crippen LogP contribution >= 0.6 is 0 Å². The first-order valence-corrected chi connectivity index (χ1v) is 7.41. The van der Waals surface area contributed by atoms with Crippen molar-refractivity contribution in [3.8, 4) is 0 Å². The standard InChI is InChI=1S/C12H12FNO5S/c1-20(18,19)7-11(15)14-9-3-4-10(13)8(6-9)2-5-12(16)17/h2-6H,7H2,1H3,(H,14,15)(H,16,17)/b5-2+. The van der Waals surface area contributed by atoms with Crippen molar-refractivity contribution < 1.29 is 27.5 Å². The Kier molecular flexibility index (Phi) is 4.98. The average Bonchev–Trinajstić information content (AvgIpc) is 2.27. The van der Waals surface area contributed by atoms with Crippen LogP contribution < -0.4 is 5.32 Å². The highest BCUT2D eigenvalue weighted by Crippen LogP contribution is 2.16. The zero-order valence-electron chi connectivity index (χ0n) is 10.5. The van der Waals surface area contributed by atoms with Crippen molar-refractivity contribution in [2.75, 3.05) is 17.3 Å². The van der Waals surface area contributed by atoms with Gasteiger partial charge in [-0.3, -0.25) is 4.79 Å². The monoisotopic (exact) mass is 301 g/mol. The molecule has 0 bridgehead atoms. The van der Waals surface area contributed by atoms with Crippen LogP contribution in [0, 0.1) is 5.82 Å². The maximum Gasteiger partial charge on any atom is 0.328 e. The van der Waals surface area contributed by atoms with Gasteiger partial charge in [0, 0.05) is 23.6 Å². The van der Waals surface area contributed by atoms with Gasteiger partial charge in [-0.25, -0.2) is 17.6 Å². The largest absolute Gasteiger partial charge is 0.478 e. The number of carbonyl (C=O) groups is 2. The van der Waals surface area contributed by atoms with Crippen LogP contribution in [0.15, 0.2) is 24.3 Å². The molecule has 1 amide bonds. The number of aliphatic carboxylic acids is 1. The minimum atomic E-state index is -3.46. The predicted molar refractivity (Wildman–Crippen MR) is 71.4 cm³/mol. The van der Waals surface area contributed by atoms with Crippen LogP contribution in [0.1, 0.15) is 5.56 Å². The molecule has 0 atom stereocenters. The van der Waals surface area contributed by atoms with Gasteiger partial charge in [0.05, 0.1) is 0 Å². The van der Waals surface area contributed by atoms with E-state index in [0.717, 1.165) is 24.5 Å². The van der Waals surface area contributed by atoms with Crippen LogP contribution in [-0.4, -0.2) is 37.4 Å². The summed E-state index contributed by atoms with van der Waals surface area (Å²) >= 11 is 0. The Bertz CT molecular complexity index is 666. The van der Waals surface area contributed by atoms with Gasteiger partial charge in [-0.1, -0.05) is 0 Å². The van der Waals surface area contributed by atoms with Gasteiger partial charge in [-0.05, 0) is 24.3 Å². The minimum absolute atomic E-state index is 0.0374. The Morgan fingerprint density at radius 3 is 2.60 bits per heavy atom. The number of carboxylic acids is 1. The molecule has 20 heavy (non-hydrogen) atoms. The van der Waals surface area contributed by atoms with Gasteiger partial charge in [0.25, 0.3) is 0 Å². The first-order chi connectivity index (χ1) is 9.17. The molecule has 0 heterocycles. The van der Waals surface area contributed by atoms with Gasteiger partial charge >= 0.3 is 5.97 Å². The van der Waals surface area contributed by atoms with Crippen molar-refractivity contribution in [1.29, 1.82) is 0 Å². The van der Waals surface area contributed by atoms with E-state index in [1.165, 1.54) is 12.1 Å². The zero-order valence-corrected chi connectivity index (χ0v) is 11.3. The Morgan fingerprint density at radius 1 is 1.40 bits per heavy atom. The van der Waals surface area contributed by atoms with Crippen LogP contribution in [0.5, 0.6) is 0 Å². The zero-order chi connectivity index (χ0) is 15.3. The number of hydrogen-bond donors (Lipinski definition) is 2. The highest BCUT2D eigenvalue weighted by molar-refractivity contribution is 7.91. The Morgan fingerprint density at radius 2 is 2.05 bits per heavy atom. The van der Waals surface area contributed by atoms with Crippen molar-refractivity contribution in [2.45, 2.75) is 0 Å². The molecule has 0 aliphatic rings. The molecule has 0 aromatic heterocycles. The lowest BCUT2D eigenvalue weighted by Gasteiger charge is -2.06. The summed E-state index contributed by atoms with van der Waals surface area (Å²) in [5.74, 6) is -3.35. The third-order valence-electron chi connectivity index (χ3n) is 2.08. The molecule has 8 heteroatoms. The number of hydrogen-bond acceptors (Lipinski definition) is 4. The molecule has 0 aliphatic heterocycles. The summed E-state index contributed by atoms with van der Waals surface area (Å²) in [4.78, 5) is 21.8. The molecule has 2 N–H and O–H groups in total. The van der Waals surface area contributed by atoms with Crippen molar-refractivity contribution in [1.82, 2.24) is 0 Å². The number of benzene rings is 1. The molecule has 108 valence electrons. The second-order valence-corrected chi connectivity index (χ2v) is 6.17. The second-order valence-electron chi connectivity index (χ2n) is 4.03. The van der Waals surface area contributed by atoms with E-state index in [9.17, 15) is 22.4 Å². The number of rotatable bonds is 5. The maximum atomic E-state index is 13.4. The van der Waals surface area contributed by atoms with E-state index in [0.29, 0.717) is 0 Å². The molecule has 0 saturated heterocycles. The molecule has 0 radical (unpaired) electrons. The molecule has 1 rings (SSSR count). The average molecular weight is 301 g/mol. The van der Waals surface area contributed by atoms with Crippen LogP contribution in [-0.2, 0) is 19.4 Å². The topological polar surface area (TPSA) is 101 Å². The Hall–Kier alpha value is -2.22. The van der Waals surface area contributed by atoms with E-state index in [-0.39, 0.29) is 11.3 Å². The third-order valence-corrected chi connectivity index (χ3v) is 2.87. The molecule has 0 unspecified atom stereocenters. The summed E-state index contributed by atoms with van der Waals surface area (Å²) in [7, 11) is -3.46. The van der Waals surface area contributed by atoms with Gasteiger partial charge in [0.1, 0.15) is 11.6 Å². The van der Waals surface area contributed by atoms with Crippen molar-refractivity contribution in [3.63, 3.8) is 0 Å². The normalized spacial score (nSPS) is 11.5. The highest BCUT2D eigenvalue weighted by Gasteiger charge is 2.11. The van der Waals surface area contributed by atoms with E-state index in [1.807, 2.05) is 0 Å². The molecule has 0 aliphatic carbocycles. The quantitative estimate of drug-likeness (QED) is 0.787. The lowest BCUT2D eigenvalue weighted by atomic mass is 10.1. The third kappa shape index (κ3) is 5.61. The molecule has 0 saturated carbocycles. The molecule has 1 aromatic carbocycles. The van der Waals surface area contributed by atoms with Gasteiger partial charge in [-0.2, -0.15) is 0 Å². The summed E-state index contributed by atoms with van der Waals surface area (Å²) in [6, 6.07) is 3.49. The molecule has 6 nitrogen and oxygen atoms in total. The lowest BCUT2D eigenvalue weighted by molar-refractivity contribution is -0.131. The second kappa shape index (κ2) is 6.29. The van der Waals surface area contributed by atoms with E-state index >= 15 is 0 Å². The number of carboxylic acid groups (broad SMARTS) is 1. The molecular formula is C12H12FNO5S. The van der Waals surface area contributed by atoms with Gasteiger partial charge in [-0.15, -0.1) is 0 Å². The Balaban J connectivity index is 2.90. The smallest absolute Gasteiger partial charge is 0.328 e. The van der Waals surface area contributed by atoms with Crippen LogP contribution in [0.4, 0.5) is 10.1 Å². The summed E-state index contributed by atoms with van der Waals surface area (Å²) in [6.45, 7) is 0. The van der Waals surface area contributed by atoms with Crippen LogP contribution in [0.2, 0.25) is 0 Å². The number of anilines is 1. The van der Waals surface area contributed by atoms with Gasteiger partial charge < -0.3 is 10.4 Å². The lowest BCUT2D eigenvalue weighted by Crippen LogP contribution is -2.21. The van der Waals surface area contributed by atoms with E-state index < -0.39 is 33.3 Å².